The molecular formula is C13H26F3Ga. The van der Waals surface area contributed by atoms with Gasteiger partial charge in [0.1, 0.15) is 0 Å². The third kappa shape index (κ3) is 12.7. The van der Waals surface area contributed by atoms with Crippen molar-refractivity contribution in [2.45, 2.75) is 79.9 Å². The Kier molecular flexibility index (Phi) is 10.6. The Morgan fingerprint density at radius 1 is 0.765 bits per heavy atom. The zero-order chi connectivity index (χ0) is 13.1. The van der Waals surface area contributed by atoms with Crippen LogP contribution in [-0.4, -0.2) is 22.4 Å². The molecule has 102 valence electrons. The minimum atomic E-state index is -3.93. The van der Waals surface area contributed by atoms with Gasteiger partial charge in [-0.3, -0.25) is 0 Å². The number of hydrogen-bond acceptors (Lipinski definition) is 0. The summed E-state index contributed by atoms with van der Waals surface area (Å²) in [4.78, 5) is 2.85. The van der Waals surface area contributed by atoms with Crippen LogP contribution in [0.15, 0.2) is 0 Å². The van der Waals surface area contributed by atoms with E-state index in [4.69, 9.17) is 0 Å². The summed E-state index contributed by atoms with van der Waals surface area (Å²) >= 11 is -1.61. The average molecular weight is 309 g/mol. The Labute approximate surface area is 109 Å². The van der Waals surface area contributed by atoms with Crippen molar-refractivity contribution in [1.82, 2.24) is 0 Å². The van der Waals surface area contributed by atoms with E-state index < -0.39 is 28.8 Å². The quantitative estimate of drug-likeness (QED) is 0.353. The SMILES string of the molecule is CCCC[CH2][Ga]([CH2]CCCC)[CH2]CC(F)(F)F. The molecule has 17 heavy (non-hydrogen) atoms. The van der Waals surface area contributed by atoms with Gasteiger partial charge in [-0.2, -0.15) is 0 Å². The van der Waals surface area contributed by atoms with Gasteiger partial charge in [-0.1, -0.05) is 0 Å². The molecule has 0 spiro atoms. The summed E-state index contributed by atoms with van der Waals surface area (Å²) in [5, 5.41) is 0. The normalized spacial score (nSPS) is 11.8. The monoisotopic (exact) mass is 308 g/mol. The first-order valence-electron chi connectivity index (χ1n) is 7.06. The van der Waals surface area contributed by atoms with E-state index in [2.05, 4.69) is 13.8 Å². The van der Waals surface area contributed by atoms with Crippen molar-refractivity contribution in [3.05, 3.63) is 0 Å². The second-order valence-electron chi connectivity index (χ2n) is 5.01. The molecule has 0 aliphatic carbocycles. The summed E-state index contributed by atoms with van der Waals surface area (Å²) in [5.74, 6) is 0. The molecule has 0 aromatic rings. The van der Waals surface area contributed by atoms with Crippen LogP contribution >= 0.6 is 0 Å². The second kappa shape index (κ2) is 10.4. The molecule has 0 unspecified atom stereocenters. The van der Waals surface area contributed by atoms with Crippen LogP contribution in [0.4, 0.5) is 13.2 Å². The van der Waals surface area contributed by atoms with Crippen LogP contribution in [0.1, 0.15) is 58.8 Å². The van der Waals surface area contributed by atoms with Gasteiger partial charge in [-0.15, -0.1) is 0 Å². The summed E-state index contributed by atoms with van der Waals surface area (Å²) in [6, 6.07) is 0. The summed E-state index contributed by atoms with van der Waals surface area (Å²) < 4.78 is 36.7. The van der Waals surface area contributed by atoms with Crippen molar-refractivity contribution in [3.63, 3.8) is 0 Å². The van der Waals surface area contributed by atoms with Crippen LogP contribution in [0.3, 0.4) is 0 Å². The molecule has 0 fully saturated rings. The van der Waals surface area contributed by atoms with Crippen LogP contribution in [0, 0.1) is 0 Å². The molecule has 0 nitrogen and oxygen atoms in total. The standard InChI is InChI=1S/2C5H11.C3H4F3.Ga/c2*1-3-5-4-2;1-2-3(4,5)6;/h2*1,3-5H2,2H3;1-2H2;. The van der Waals surface area contributed by atoms with Crippen LogP contribution in [0.2, 0.25) is 14.9 Å². The van der Waals surface area contributed by atoms with Crippen molar-refractivity contribution < 1.29 is 13.2 Å². The molecule has 0 N–H and O–H groups in total. The zero-order valence-electron chi connectivity index (χ0n) is 11.3. The number of alkyl halides is 3. The van der Waals surface area contributed by atoms with Gasteiger partial charge in [0.25, 0.3) is 0 Å². The van der Waals surface area contributed by atoms with Crippen LogP contribution in [0.5, 0.6) is 0 Å². The fourth-order valence-electron chi connectivity index (χ4n) is 2.17. The summed E-state index contributed by atoms with van der Waals surface area (Å²) in [5.41, 5.74) is 0. The molecular weight excluding hydrogens is 283 g/mol. The van der Waals surface area contributed by atoms with Crippen molar-refractivity contribution in [2.24, 2.45) is 0 Å². The third-order valence-corrected chi connectivity index (χ3v) is 10.7. The molecule has 0 aliphatic heterocycles. The Bertz CT molecular complexity index is 159. The van der Waals surface area contributed by atoms with Crippen LogP contribution < -0.4 is 0 Å². The number of rotatable bonds is 10. The van der Waals surface area contributed by atoms with Crippen LogP contribution in [-0.2, 0) is 0 Å². The first-order chi connectivity index (χ1) is 7.99. The molecule has 4 heteroatoms. The van der Waals surface area contributed by atoms with E-state index in [-0.39, 0.29) is 0 Å². The van der Waals surface area contributed by atoms with Crippen molar-refractivity contribution in [2.75, 3.05) is 0 Å². The molecule has 0 aliphatic rings. The van der Waals surface area contributed by atoms with Crippen LogP contribution in [0.25, 0.3) is 0 Å². The van der Waals surface area contributed by atoms with E-state index in [1.54, 1.807) is 0 Å². The first kappa shape index (κ1) is 17.4. The van der Waals surface area contributed by atoms with Gasteiger partial charge in [-0.25, -0.2) is 0 Å². The molecule has 0 atom stereocenters. The molecule has 0 rings (SSSR count). The third-order valence-electron chi connectivity index (χ3n) is 3.27. The maximum absolute atomic E-state index is 12.2. The van der Waals surface area contributed by atoms with Gasteiger partial charge in [0.05, 0.1) is 0 Å². The van der Waals surface area contributed by atoms with Gasteiger partial charge in [0.2, 0.25) is 0 Å². The van der Waals surface area contributed by atoms with Gasteiger partial charge in [-0.05, 0) is 0 Å². The summed E-state index contributed by atoms with van der Waals surface area (Å²) in [7, 11) is 0. The predicted molar refractivity (Wildman–Crippen MR) is 69.9 cm³/mol. The molecule has 0 heterocycles. The fraction of sp³-hybridized carbons (Fsp3) is 1.00. The first-order valence-corrected chi connectivity index (χ1v) is 12.2. The van der Waals surface area contributed by atoms with E-state index in [1.807, 2.05) is 0 Å². The van der Waals surface area contributed by atoms with Crippen molar-refractivity contribution in [1.29, 1.82) is 0 Å². The zero-order valence-corrected chi connectivity index (χ0v) is 13.7. The predicted octanol–water partition coefficient (Wildman–Crippen LogP) is 5.81. The average Bonchev–Trinajstić information content (AvgIpc) is 2.24. The van der Waals surface area contributed by atoms with Gasteiger partial charge in [0, 0.05) is 0 Å². The maximum atomic E-state index is 12.2. The van der Waals surface area contributed by atoms with E-state index in [9.17, 15) is 13.2 Å². The summed E-state index contributed by atoms with van der Waals surface area (Å²) in [6.07, 6.45) is 2.63. The fourth-order valence-corrected chi connectivity index (χ4v) is 9.16. The molecule has 0 saturated carbocycles. The van der Waals surface area contributed by atoms with Gasteiger partial charge in [0.15, 0.2) is 0 Å². The van der Waals surface area contributed by atoms with Gasteiger partial charge < -0.3 is 0 Å². The summed E-state index contributed by atoms with van der Waals surface area (Å²) in [6.45, 7) is 4.30. The topological polar surface area (TPSA) is 0 Å². The minimum absolute atomic E-state index is 0.518. The van der Waals surface area contributed by atoms with E-state index in [0.717, 1.165) is 0 Å². The Balaban J connectivity index is 3.83. The Morgan fingerprint density at radius 2 is 1.24 bits per heavy atom. The molecule has 0 aromatic heterocycles. The molecule has 0 aromatic carbocycles. The number of hydrogen-bond donors (Lipinski definition) is 0. The molecule has 0 saturated heterocycles. The molecule has 0 amide bonds. The Morgan fingerprint density at radius 3 is 1.59 bits per heavy atom. The van der Waals surface area contributed by atoms with E-state index in [0.29, 0.717) is 4.98 Å². The van der Waals surface area contributed by atoms with Crippen molar-refractivity contribution in [3.8, 4) is 0 Å². The number of halogens is 3. The molecule has 0 bridgehead atoms. The van der Waals surface area contributed by atoms with Gasteiger partial charge >= 0.3 is 109 Å². The van der Waals surface area contributed by atoms with E-state index >= 15 is 0 Å². The Hall–Kier alpha value is 0.426. The molecule has 0 radical (unpaired) electrons. The second-order valence-corrected chi connectivity index (χ2v) is 12.3. The number of unbranched alkanes of at least 4 members (excludes halogenated alkanes) is 4. The van der Waals surface area contributed by atoms with Crippen molar-refractivity contribution >= 4 is 16.2 Å². The van der Waals surface area contributed by atoms with E-state index in [1.165, 1.54) is 48.5 Å².